The van der Waals surface area contributed by atoms with E-state index in [-0.39, 0.29) is 87.7 Å². The molecule has 0 saturated heterocycles. The Balaban J connectivity index is 0. The summed E-state index contributed by atoms with van der Waals surface area (Å²) in [5, 5.41) is 0. The molecule has 0 nitrogen and oxygen atoms in total. The van der Waals surface area contributed by atoms with Gasteiger partial charge in [-0.25, -0.2) is 0 Å². The third kappa shape index (κ3) is 20.5. The van der Waals surface area contributed by atoms with Gasteiger partial charge < -0.3 is 1.43 Å². The molecule has 0 unspecified atom stereocenters. The second-order valence-corrected chi connectivity index (χ2v) is 0. The summed E-state index contributed by atoms with van der Waals surface area (Å²) in [6.07, 6.45) is 0. The van der Waals surface area contributed by atoms with Gasteiger partial charge in [-0.2, -0.15) is 0 Å². The topological polar surface area (TPSA) is 0 Å². The van der Waals surface area contributed by atoms with E-state index in [1.54, 1.807) is 0 Å². The van der Waals surface area contributed by atoms with E-state index in [1.165, 1.54) is 0 Å². The zero-order valence-corrected chi connectivity index (χ0v) is 6.69. The van der Waals surface area contributed by atoms with Gasteiger partial charge in [0.25, 0.3) is 0 Å². The SMILES string of the molecule is [Co].[Fe].[H-].[Li+].[Mn].[Ni]. The molecule has 0 spiro atoms. The fraction of sp³-hybridized carbons (Fsp3) is 0. The maximum absolute atomic E-state index is 0. The largest absolute Gasteiger partial charge is 1.00 e. The molecule has 0 aliphatic rings. The van der Waals surface area contributed by atoms with E-state index in [4.69, 9.17) is 0 Å². The molecule has 0 aromatic carbocycles. The van der Waals surface area contributed by atoms with Gasteiger partial charge in [0.15, 0.2) is 0 Å². The minimum Gasteiger partial charge on any atom is -1.00 e. The third-order valence-electron chi connectivity index (χ3n) is 0. The van der Waals surface area contributed by atoms with Crippen LogP contribution in [0.15, 0.2) is 0 Å². The molecule has 0 saturated carbocycles. The van der Waals surface area contributed by atoms with E-state index >= 15 is 0 Å². The van der Waals surface area contributed by atoms with Gasteiger partial charge in [-0.15, -0.1) is 0 Å². The van der Waals surface area contributed by atoms with Gasteiger partial charge in [0.05, 0.1) is 0 Å². The van der Waals surface area contributed by atoms with Gasteiger partial charge in [0.2, 0.25) is 0 Å². The normalized spacial score (nSPS) is 0. The van der Waals surface area contributed by atoms with Crippen LogP contribution in [0.1, 0.15) is 1.43 Å². The summed E-state index contributed by atoms with van der Waals surface area (Å²) >= 11 is 0. The summed E-state index contributed by atoms with van der Waals surface area (Å²) in [5.41, 5.74) is 0. The summed E-state index contributed by atoms with van der Waals surface area (Å²) in [4.78, 5) is 0. The Morgan fingerprint density at radius 1 is 1.20 bits per heavy atom. The van der Waals surface area contributed by atoms with E-state index in [0.717, 1.165) is 0 Å². The van der Waals surface area contributed by atoms with E-state index < -0.39 is 0 Å². The van der Waals surface area contributed by atoms with Crippen molar-refractivity contribution in [3.63, 3.8) is 0 Å². The summed E-state index contributed by atoms with van der Waals surface area (Å²) in [6, 6.07) is 0. The molecular weight excluding hydrogens is 235 g/mol. The fourth-order valence-electron chi connectivity index (χ4n) is 0. The number of hydrogen-bond acceptors (Lipinski definition) is 0. The molecule has 5 heavy (non-hydrogen) atoms. The molecule has 0 heterocycles. The molecule has 0 fully saturated rings. The van der Waals surface area contributed by atoms with Crippen LogP contribution in [0.2, 0.25) is 0 Å². The second-order valence-electron chi connectivity index (χ2n) is 0. The average molecular weight is 236 g/mol. The predicted octanol–water partition coefficient (Wildman–Crippen LogP) is -2.89. The zero-order chi connectivity index (χ0) is 0. The summed E-state index contributed by atoms with van der Waals surface area (Å²) < 4.78 is 0. The van der Waals surface area contributed by atoms with Crippen molar-refractivity contribution >= 4 is 0 Å². The van der Waals surface area contributed by atoms with Gasteiger partial charge in [0.1, 0.15) is 0 Å². The minimum atomic E-state index is 0. The van der Waals surface area contributed by atoms with E-state index in [9.17, 15) is 0 Å². The van der Waals surface area contributed by atoms with Crippen molar-refractivity contribution in [1.29, 1.82) is 0 Å². The number of rotatable bonds is 0. The van der Waals surface area contributed by atoms with Crippen LogP contribution in [-0.2, 0) is 67.4 Å². The molecular formula is HCoFeLiMnNi. The summed E-state index contributed by atoms with van der Waals surface area (Å²) in [6.45, 7) is 0. The molecule has 0 bridgehead atoms. The van der Waals surface area contributed by atoms with Gasteiger partial charge >= 0.3 is 18.9 Å². The standard InChI is InChI=1S/Co.Fe.Li.Mn.Ni.H/q;;+1;;;-1. The first kappa shape index (κ1) is 48.4. The Kier molecular flexibility index (Phi) is 294. The Morgan fingerprint density at radius 3 is 1.20 bits per heavy atom. The molecule has 36 valence electrons. The smallest absolute Gasteiger partial charge is 1.00 e. The molecule has 0 aromatic rings. The second kappa shape index (κ2) is 30.3. The van der Waals surface area contributed by atoms with E-state index in [0.29, 0.717) is 0 Å². The van der Waals surface area contributed by atoms with Crippen LogP contribution < -0.4 is 18.9 Å². The molecule has 0 rings (SSSR count). The number of hydrogen-bond donors (Lipinski definition) is 0. The van der Waals surface area contributed by atoms with Crippen molar-refractivity contribution in [3.8, 4) is 0 Å². The molecule has 0 aliphatic heterocycles. The van der Waals surface area contributed by atoms with Crippen LogP contribution in [0.25, 0.3) is 0 Å². The van der Waals surface area contributed by atoms with Crippen molar-refractivity contribution in [2.24, 2.45) is 0 Å². The van der Waals surface area contributed by atoms with E-state index in [1.807, 2.05) is 0 Å². The van der Waals surface area contributed by atoms with Crippen molar-refractivity contribution in [2.45, 2.75) is 0 Å². The van der Waals surface area contributed by atoms with Gasteiger partial charge in [-0.05, 0) is 0 Å². The molecule has 0 aliphatic carbocycles. The molecule has 5 heteroatoms. The Bertz CT molecular complexity index is 15.5. The van der Waals surface area contributed by atoms with Crippen LogP contribution in [0.4, 0.5) is 0 Å². The first-order valence-corrected chi connectivity index (χ1v) is 0. The first-order valence-electron chi connectivity index (χ1n) is 0. The van der Waals surface area contributed by atoms with Crippen LogP contribution in [0.3, 0.4) is 0 Å². The summed E-state index contributed by atoms with van der Waals surface area (Å²) in [5.74, 6) is 0. The maximum Gasteiger partial charge on any atom is 1.00 e. The van der Waals surface area contributed by atoms with Crippen LogP contribution in [0.5, 0.6) is 0 Å². The predicted molar refractivity (Wildman–Crippen MR) is 1.11 cm³/mol. The molecule has 0 amide bonds. The summed E-state index contributed by atoms with van der Waals surface area (Å²) in [7, 11) is 0. The first-order chi connectivity index (χ1) is 0. The fourth-order valence-corrected chi connectivity index (χ4v) is 0. The van der Waals surface area contributed by atoms with Crippen molar-refractivity contribution in [3.05, 3.63) is 0 Å². The third-order valence-corrected chi connectivity index (χ3v) is 0. The quantitative estimate of drug-likeness (QED) is 0.396. The van der Waals surface area contributed by atoms with Crippen molar-refractivity contribution in [2.75, 3.05) is 0 Å². The molecule has 0 N–H and O–H groups in total. The van der Waals surface area contributed by atoms with Crippen LogP contribution >= 0.6 is 0 Å². The van der Waals surface area contributed by atoms with Gasteiger partial charge in [-0.3, -0.25) is 0 Å². The Hall–Kier alpha value is 2.64. The monoisotopic (exact) mass is 236 g/mol. The molecule has 0 atom stereocenters. The maximum atomic E-state index is 0. The van der Waals surface area contributed by atoms with E-state index in [2.05, 4.69) is 0 Å². The molecule has 0 aromatic heterocycles. The van der Waals surface area contributed by atoms with Crippen LogP contribution in [0, 0.1) is 0 Å². The zero-order valence-electron chi connectivity index (χ0n) is 3.38. The molecule has 2 radical (unpaired) electrons. The Labute approximate surface area is 86.7 Å². The van der Waals surface area contributed by atoms with Gasteiger partial charge in [0, 0.05) is 67.4 Å². The Morgan fingerprint density at radius 2 is 1.20 bits per heavy atom. The van der Waals surface area contributed by atoms with Crippen LogP contribution in [-0.4, -0.2) is 0 Å². The van der Waals surface area contributed by atoms with Crippen molar-refractivity contribution in [1.82, 2.24) is 0 Å². The average Bonchev–Trinajstić information content (AvgIpc) is 0. The van der Waals surface area contributed by atoms with Gasteiger partial charge in [-0.1, -0.05) is 0 Å². The minimum absolute atomic E-state index is 0. The van der Waals surface area contributed by atoms with Crippen molar-refractivity contribution < 1.29 is 87.7 Å².